The van der Waals surface area contributed by atoms with Gasteiger partial charge in [0.25, 0.3) is 0 Å². The summed E-state index contributed by atoms with van der Waals surface area (Å²) in [6.07, 6.45) is 7.07. The zero-order chi connectivity index (χ0) is 12.7. The summed E-state index contributed by atoms with van der Waals surface area (Å²) in [4.78, 5) is 2.37. The van der Waals surface area contributed by atoms with E-state index >= 15 is 0 Å². The van der Waals surface area contributed by atoms with Crippen molar-refractivity contribution in [1.29, 1.82) is 0 Å². The fraction of sp³-hybridized carbons (Fsp3) is 0.769. The van der Waals surface area contributed by atoms with Gasteiger partial charge in [-0.25, -0.2) is 0 Å². The van der Waals surface area contributed by atoms with Crippen LogP contribution in [0.25, 0.3) is 0 Å². The highest BCUT2D eigenvalue weighted by Crippen LogP contribution is 2.08. The third-order valence-electron chi connectivity index (χ3n) is 3.05. The van der Waals surface area contributed by atoms with Crippen molar-refractivity contribution in [2.45, 2.75) is 39.2 Å². The average molecular weight is 238 g/mol. The lowest BCUT2D eigenvalue weighted by Crippen LogP contribution is -2.19. The molecule has 4 nitrogen and oxygen atoms in total. The number of hydrogen-bond acceptors (Lipinski definition) is 3. The van der Waals surface area contributed by atoms with E-state index in [4.69, 9.17) is 5.73 Å². The van der Waals surface area contributed by atoms with Crippen LogP contribution in [0.1, 0.15) is 36.9 Å². The SMILES string of the molecule is Cc1nn(C)cc1CN(C)CCCCCCN. The lowest BCUT2D eigenvalue weighted by Gasteiger charge is -2.15. The molecule has 0 saturated carbocycles. The standard InChI is InChI=1S/C13H26N4/c1-12-13(11-17(3)15-12)10-16(2)9-7-5-4-6-8-14/h11H,4-10,14H2,1-3H3. The van der Waals surface area contributed by atoms with E-state index < -0.39 is 0 Å². The fourth-order valence-electron chi connectivity index (χ4n) is 2.05. The molecule has 0 amide bonds. The van der Waals surface area contributed by atoms with Crippen molar-refractivity contribution >= 4 is 0 Å². The molecule has 1 heterocycles. The summed E-state index contributed by atoms with van der Waals surface area (Å²) in [7, 11) is 4.15. The Hall–Kier alpha value is -0.870. The van der Waals surface area contributed by atoms with E-state index in [0.29, 0.717) is 0 Å². The van der Waals surface area contributed by atoms with Gasteiger partial charge in [0, 0.05) is 25.4 Å². The summed E-state index contributed by atoms with van der Waals surface area (Å²) in [5, 5.41) is 4.36. The summed E-state index contributed by atoms with van der Waals surface area (Å²) in [6, 6.07) is 0. The summed E-state index contributed by atoms with van der Waals surface area (Å²) < 4.78 is 1.89. The first-order chi connectivity index (χ1) is 8.13. The fourth-order valence-corrected chi connectivity index (χ4v) is 2.05. The van der Waals surface area contributed by atoms with Crippen LogP contribution in [-0.4, -0.2) is 34.8 Å². The van der Waals surface area contributed by atoms with E-state index in [1.54, 1.807) is 0 Å². The Morgan fingerprint density at radius 3 is 2.59 bits per heavy atom. The molecule has 0 unspecified atom stereocenters. The van der Waals surface area contributed by atoms with E-state index in [0.717, 1.165) is 31.7 Å². The molecule has 0 aliphatic carbocycles. The number of nitrogens with zero attached hydrogens (tertiary/aromatic N) is 3. The molecule has 1 aromatic heterocycles. The minimum atomic E-state index is 0.824. The maximum absolute atomic E-state index is 5.47. The first-order valence-corrected chi connectivity index (χ1v) is 6.51. The van der Waals surface area contributed by atoms with E-state index in [1.165, 1.54) is 24.8 Å². The molecule has 0 aromatic carbocycles. The normalized spacial score (nSPS) is 11.4. The van der Waals surface area contributed by atoms with Crippen molar-refractivity contribution in [3.8, 4) is 0 Å². The first kappa shape index (κ1) is 14.2. The summed E-state index contributed by atoms with van der Waals surface area (Å²) in [5.74, 6) is 0. The maximum Gasteiger partial charge on any atom is 0.0638 e. The van der Waals surface area contributed by atoms with Crippen LogP contribution in [0.15, 0.2) is 6.20 Å². The molecular weight excluding hydrogens is 212 g/mol. The maximum atomic E-state index is 5.47. The van der Waals surface area contributed by atoms with E-state index in [-0.39, 0.29) is 0 Å². The first-order valence-electron chi connectivity index (χ1n) is 6.51. The van der Waals surface area contributed by atoms with Gasteiger partial charge in [-0.05, 0) is 39.9 Å². The smallest absolute Gasteiger partial charge is 0.0638 e. The van der Waals surface area contributed by atoms with Crippen LogP contribution in [0.3, 0.4) is 0 Å². The number of aromatic nitrogens is 2. The van der Waals surface area contributed by atoms with Crippen LogP contribution in [-0.2, 0) is 13.6 Å². The van der Waals surface area contributed by atoms with Crippen molar-refractivity contribution in [3.05, 3.63) is 17.5 Å². The van der Waals surface area contributed by atoms with Crippen molar-refractivity contribution in [2.75, 3.05) is 20.1 Å². The highest BCUT2D eigenvalue weighted by Gasteiger charge is 2.06. The molecule has 0 aliphatic rings. The van der Waals surface area contributed by atoms with Gasteiger partial charge in [0.15, 0.2) is 0 Å². The third-order valence-corrected chi connectivity index (χ3v) is 3.05. The molecule has 17 heavy (non-hydrogen) atoms. The van der Waals surface area contributed by atoms with Gasteiger partial charge in [-0.3, -0.25) is 4.68 Å². The molecule has 98 valence electrons. The van der Waals surface area contributed by atoms with Crippen molar-refractivity contribution in [2.24, 2.45) is 12.8 Å². The Bertz CT molecular complexity index is 319. The molecule has 0 aliphatic heterocycles. The number of unbranched alkanes of at least 4 members (excludes halogenated alkanes) is 3. The second-order valence-electron chi connectivity index (χ2n) is 4.85. The lowest BCUT2D eigenvalue weighted by atomic mass is 10.2. The molecule has 0 saturated heterocycles. The van der Waals surface area contributed by atoms with E-state index in [1.807, 2.05) is 11.7 Å². The largest absolute Gasteiger partial charge is 0.330 e. The van der Waals surface area contributed by atoms with Gasteiger partial charge in [0.1, 0.15) is 0 Å². The van der Waals surface area contributed by atoms with Crippen LogP contribution >= 0.6 is 0 Å². The Balaban J connectivity index is 2.20. The molecule has 1 rings (SSSR count). The molecule has 0 radical (unpaired) electrons. The van der Waals surface area contributed by atoms with Gasteiger partial charge in [0.05, 0.1) is 5.69 Å². The molecule has 0 atom stereocenters. The van der Waals surface area contributed by atoms with Crippen LogP contribution in [0, 0.1) is 6.92 Å². The number of rotatable bonds is 8. The zero-order valence-corrected chi connectivity index (χ0v) is 11.4. The Kier molecular flexibility index (Phi) is 6.22. The predicted octanol–water partition coefficient (Wildman–Crippen LogP) is 1.68. The van der Waals surface area contributed by atoms with Crippen molar-refractivity contribution in [1.82, 2.24) is 14.7 Å². The van der Waals surface area contributed by atoms with E-state index in [2.05, 4.69) is 30.2 Å². The Morgan fingerprint density at radius 2 is 2.00 bits per heavy atom. The molecule has 0 spiro atoms. The van der Waals surface area contributed by atoms with Crippen LogP contribution in [0.4, 0.5) is 0 Å². The highest BCUT2D eigenvalue weighted by molar-refractivity contribution is 5.14. The minimum Gasteiger partial charge on any atom is -0.330 e. The van der Waals surface area contributed by atoms with Gasteiger partial charge < -0.3 is 10.6 Å². The second-order valence-corrected chi connectivity index (χ2v) is 4.85. The number of hydrogen-bond donors (Lipinski definition) is 1. The molecule has 0 fully saturated rings. The Morgan fingerprint density at radius 1 is 1.29 bits per heavy atom. The molecular formula is C13H26N4. The topological polar surface area (TPSA) is 47.1 Å². The van der Waals surface area contributed by atoms with Crippen molar-refractivity contribution < 1.29 is 0 Å². The van der Waals surface area contributed by atoms with Gasteiger partial charge in [-0.2, -0.15) is 5.10 Å². The van der Waals surface area contributed by atoms with Gasteiger partial charge in [-0.1, -0.05) is 12.8 Å². The summed E-state index contributed by atoms with van der Waals surface area (Å²) >= 11 is 0. The lowest BCUT2D eigenvalue weighted by molar-refractivity contribution is 0.316. The van der Waals surface area contributed by atoms with Gasteiger partial charge in [-0.15, -0.1) is 0 Å². The monoisotopic (exact) mass is 238 g/mol. The number of aryl methyl sites for hydroxylation is 2. The molecule has 2 N–H and O–H groups in total. The summed E-state index contributed by atoms with van der Waals surface area (Å²) in [5.41, 5.74) is 7.94. The Labute approximate surface area is 105 Å². The highest BCUT2D eigenvalue weighted by atomic mass is 15.3. The number of nitrogens with two attached hydrogens (primary N) is 1. The molecule has 1 aromatic rings. The van der Waals surface area contributed by atoms with Gasteiger partial charge >= 0.3 is 0 Å². The quantitative estimate of drug-likeness (QED) is 0.701. The van der Waals surface area contributed by atoms with Crippen molar-refractivity contribution in [3.63, 3.8) is 0 Å². The van der Waals surface area contributed by atoms with E-state index in [9.17, 15) is 0 Å². The zero-order valence-electron chi connectivity index (χ0n) is 11.4. The van der Waals surface area contributed by atoms with Gasteiger partial charge in [0.2, 0.25) is 0 Å². The third kappa shape index (κ3) is 5.33. The van der Waals surface area contributed by atoms with Crippen LogP contribution < -0.4 is 5.73 Å². The average Bonchev–Trinajstić information content (AvgIpc) is 2.57. The molecule has 4 heteroatoms. The predicted molar refractivity (Wildman–Crippen MR) is 71.8 cm³/mol. The van der Waals surface area contributed by atoms with Crippen LogP contribution in [0.2, 0.25) is 0 Å². The second kappa shape index (κ2) is 7.45. The molecule has 0 bridgehead atoms. The summed E-state index contributed by atoms with van der Waals surface area (Å²) in [6.45, 7) is 5.05. The van der Waals surface area contributed by atoms with Crippen LogP contribution in [0.5, 0.6) is 0 Å². The minimum absolute atomic E-state index is 0.824.